The Kier molecular flexibility index (Phi) is 4.08. The quantitative estimate of drug-likeness (QED) is 0.782. The molecule has 3 nitrogen and oxygen atoms in total. The molecular formula is C16H21NO2. The Bertz CT molecular complexity index is 567. The van der Waals surface area contributed by atoms with Gasteiger partial charge in [0.2, 0.25) is 0 Å². The van der Waals surface area contributed by atoms with Crippen molar-refractivity contribution in [1.29, 1.82) is 0 Å². The van der Waals surface area contributed by atoms with Gasteiger partial charge in [-0.1, -0.05) is 24.3 Å². The number of hydrogen-bond donors (Lipinski definition) is 2. The smallest absolute Gasteiger partial charge is 0.0516 e. The van der Waals surface area contributed by atoms with Gasteiger partial charge in [0.05, 0.1) is 13.2 Å². The average Bonchev–Trinajstić information content (AvgIpc) is 2.75. The summed E-state index contributed by atoms with van der Waals surface area (Å²) in [6, 6.07) is 10.3. The molecule has 2 rings (SSSR count). The van der Waals surface area contributed by atoms with Gasteiger partial charge in [0.1, 0.15) is 0 Å². The Balaban J connectivity index is 2.38. The number of aliphatic hydroxyl groups is 2. The summed E-state index contributed by atoms with van der Waals surface area (Å²) in [4.78, 5) is 0. The molecule has 0 aliphatic heterocycles. The van der Waals surface area contributed by atoms with E-state index in [0.717, 1.165) is 5.69 Å². The number of aryl methyl sites for hydroxylation is 1. The molecule has 1 aromatic heterocycles. The van der Waals surface area contributed by atoms with Gasteiger partial charge in [0.25, 0.3) is 0 Å². The molecule has 0 unspecified atom stereocenters. The van der Waals surface area contributed by atoms with Gasteiger partial charge in [-0.2, -0.15) is 0 Å². The first-order valence-corrected chi connectivity index (χ1v) is 6.52. The minimum Gasteiger partial charge on any atom is -0.396 e. The number of hydrogen-bond acceptors (Lipinski definition) is 2. The molecular weight excluding hydrogens is 238 g/mol. The molecule has 0 atom stereocenters. The lowest BCUT2D eigenvalue weighted by Gasteiger charge is -2.28. The first-order chi connectivity index (χ1) is 9.15. The molecule has 0 aliphatic carbocycles. The Hall–Kier alpha value is -1.58. The van der Waals surface area contributed by atoms with Crippen molar-refractivity contribution >= 4 is 10.9 Å². The highest BCUT2D eigenvalue weighted by Crippen LogP contribution is 2.29. The predicted octanol–water partition coefficient (Wildman–Crippen LogP) is 2.27. The lowest BCUT2D eigenvalue weighted by Crippen LogP contribution is -2.32. The number of fused-ring (bicyclic) bond motifs is 1. The summed E-state index contributed by atoms with van der Waals surface area (Å²) in [5.41, 5.74) is 1.76. The summed E-state index contributed by atoms with van der Waals surface area (Å²) < 4.78 is 2.12. The van der Waals surface area contributed by atoms with Gasteiger partial charge >= 0.3 is 0 Å². The summed E-state index contributed by atoms with van der Waals surface area (Å²) in [5.74, 6) is 0. The van der Waals surface area contributed by atoms with Crippen LogP contribution in [0.15, 0.2) is 43.0 Å². The third-order valence-electron chi connectivity index (χ3n) is 3.86. The molecule has 2 aromatic rings. The van der Waals surface area contributed by atoms with Gasteiger partial charge in [-0.3, -0.25) is 0 Å². The number of allylic oxidation sites excluding steroid dienone is 1. The second-order valence-electron chi connectivity index (χ2n) is 5.24. The molecule has 0 saturated heterocycles. The molecule has 0 radical (unpaired) electrons. The first kappa shape index (κ1) is 13.8. The number of rotatable bonds is 6. The molecule has 0 fully saturated rings. The van der Waals surface area contributed by atoms with Crippen molar-refractivity contribution in [2.24, 2.45) is 12.5 Å². The van der Waals surface area contributed by atoms with Crippen LogP contribution in [0.4, 0.5) is 0 Å². The zero-order valence-corrected chi connectivity index (χ0v) is 11.3. The van der Waals surface area contributed by atoms with Gasteiger partial charge in [-0.15, -0.1) is 6.58 Å². The van der Waals surface area contributed by atoms with Crippen LogP contribution in [-0.4, -0.2) is 28.0 Å². The molecule has 2 N–H and O–H groups in total. The summed E-state index contributed by atoms with van der Waals surface area (Å²) in [7, 11) is 2.02. The van der Waals surface area contributed by atoms with E-state index in [1.165, 1.54) is 10.9 Å². The number of para-hydroxylation sites is 1. The maximum absolute atomic E-state index is 9.62. The van der Waals surface area contributed by atoms with E-state index < -0.39 is 5.41 Å². The van der Waals surface area contributed by atoms with Crippen molar-refractivity contribution in [2.45, 2.75) is 12.8 Å². The van der Waals surface area contributed by atoms with Gasteiger partial charge < -0.3 is 14.8 Å². The average molecular weight is 259 g/mol. The van der Waals surface area contributed by atoms with Gasteiger partial charge in [-0.05, 0) is 30.4 Å². The van der Waals surface area contributed by atoms with Crippen LogP contribution < -0.4 is 0 Å². The SMILES string of the molecule is C=CCC(CO)(CO)Cc1cc2ccccc2n1C. The van der Waals surface area contributed by atoms with E-state index >= 15 is 0 Å². The van der Waals surface area contributed by atoms with Gasteiger partial charge in [0, 0.05) is 23.7 Å². The standard InChI is InChI=1S/C16H21NO2/c1-3-8-16(11-18,12-19)10-14-9-13-6-4-5-7-15(13)17(14)2/h3-7,9,18-19H,1,8,10-12H2,2H3. The van der Waals surface area contributed by atoms with E-state index in [2.05, 4.69) is 29.3 Å². The third-order valence-corrected chi connectivity index (χ3v) is 3.86. The zero-order chi connectivity index (χ0) is 13.9. The Morgan fingerprint density at radius 1 is 1.26 bits per heavy atom. The fourth-order valence-corrected chi connectivity index (χ4v) is 2.57. The van der Waals surface area contributed by atoms with Crippen LogP contribution in [0.3, 0.4) is 0 Å². The predicted molar refractivity (Wildman–Crippen MR) is 78.0 cm³/mol. The van der Waals surface area contributed by atoms with Crippen molar-refractivity contribution in [3.05, 3.63) is 48.7 Å². The van der Waals surface area contributed by atoms with Gasteiger partial charge in [-0.25, -0.2) is 0 Å². The largest absolute Gasteiger partial charge is 0.396 e. The second kappa shape index (κ2) is 5.59. The zero-order valence-electron chi connectivity index (χ0n) is 11.3. The first-order valence-electron chi connectivity index (χ1n) is 6.52. The highest BCUT2D eigenvalue weighted by molar-refractivity contribution is 5.81. The number of benzene rings is 1. The summed E-state index contributed by atoms with van der Waals surface area (Å²) in [6.07, 6.45) is 2.99. The Morgan fingerprint density at radius 3 is 2.53 bits per heavy atom. The Labute approximate surface area is 113 Å². The third kappa shape index (κ3) is 2.57. The number of nitrogens with zero attached hydrogens (tertiary/aromatic N) is 1. The van der Waals surface area contributed by atoms with Crippen LogP contribution in [0.5, 0.6) is 0 Å². The molecule has 102 valence electrons. The number of aliphatic hydroxyl groups excluding tert-OH is 2. The van der Waals surface area contributed by atoms with Crippen molar-refractivity contribution in [2.75, 3.05) is 13.2 Å². The highest BCUT2D eigenvalue weighted by Gasteiger charge is 2.29. The topological polar surface area (TPSA) is 45.4 Å². The molecule has 0 amide bonds. The second-order valence-corrected chi connectivity index (χ2v) is 5.24. The summed E-state index contributed by atoms with van der Waals surface area (Å²) >= 11 is 0. The van der Waals surface area contributed by atoms with E-state index in [0.29, 0.717) is 12.8 Å². The lowest BCUT2D eigenvalue weighted by atomic mass is 9.81. The van der Waals surface area contributed by atoms with Crippen molar-refractivity contribution < 1.29 is 10.2 Å². The maximum atomic E-state index is 9.62. The molecule has 0 spiro atoms. The van der Waals surface area contributed by atoms with Gasteiger partial charge in [0.15, 0.2) is 0 Å². The monoisotopic (exact) mass is 259 g/mol. The van der Waals surface area contributed by atoms with Crippen LogP contribution in [0.1, 0.15) is 12.1 Å². The minimum atomic E-state index is -0.524. The van der Waals surface area contributed by atoms with Crippen LogP contribution in [0.25, 0.3) is 10.9 Å². The Morgan fingerprint density at radius 2 is 1.95 bits per heavy atom. The molecule has 0 bridgehead atoms. The fourth-order valence-electron chi connectivity index (χ4n) is 2.57. The normalized spacial score (nSPS) is 11.9. The molecule has 19 heavy (non-hydrogen) atoms. The van der Waals surface area contributed by atoms with E-state index in [9.17, 15) is 10.2 Å². The number of aromatic nitrogens is 1. The lowest BCUT2D eigenvalue weighted by molar-refractivity contribution is 0.0558. The molecule has 0 saturated carbocycles. The molecule has 1 aromatic carbocycles. The molecule has 3 heteroatoms. The van der Waals surface area contributed by atoms with Crippen molar-refractivity contribution in [3.63, 3.8) is 0 Å². The van der Waals surface area contributed by atoms with E-state index in [1.54, 1.807) is 6.08 Å². The molecule has 0 aliphatic rings. The van der Waals surface area contributed by atoms with E-state index in [-0.39, 0.29) is 13.2 Å². The van der Waals surface area contributed by atoms with Crippen LogP contribution >= 0.6 is 0 Å². The van der Waals surface area contributed by atoms with Crippen molar-refractivity contribution in [1.82, 2.24) is 4.57 Å². The van der Waals surface area contributed by atoms with E-state index in [4.69, 9.17) is 0 Å². The van der Waals surface area contributed by atoms with Crippen LogP contribution in [0, 0.1) is 5.41 Å². The summed E-state index contributed by atoms with van der Waals surface area (Å²) in [5, 5.41) is 20.4. The fraction of sp³-hybridized carbons (Fsp3) is 0.375. The maximum Gasteiger partial charge on any atom is 0.0516 e. The van der Waals surface area contributed by atoms with E-state index in [1.807, 2.05) is 19.2 Å². The van der Waals surface area contributed by atoms with Crippen LogP contribution in [0.2, 0.25) is 0 Å². The minimum absolute atomic E-state index is 0.0446. The molecule has 1 heterocycles. The van der Waals surface area contributed by atoms with Crippen molar-refractivity contribution in [3.8, 4) is 0 Å². The van der Waals surface area contributed by atoms with Crippen LogP contribution in [-0.2, 0) is 13.5 Å². The summed E-state index contributed by atoms with van der Waals surface area (Å²) in [6.45, 7) is 3.63. The highest BCUT2D eigenvalue weighted by atomic mass is 16.3.